The summed E-state index contributed by atoms with van der Waals surface area (Å²) in [6.45, 7) is 3.34. The molecule has 2 N–H and O–H groups in total. The maximum atomic E-state index is 12.1. The van der Waals surface area contributed by atoms with E-state index in [1.165, 1.54) is 11.1 Å². The summed E-state index contributed by atoms with van der Waals surface area (Å²) in [6.07, 6.45) is 2.08. The number of β-amino-alcohol motifs (C(OH)–C–C–N with tert-alkyl or cyclic N) is 1. The van der Waals surface area contributed by atoms with Gasteiger partial charge in [-0.25, -0.2) is 4.79 Å². The third-order valence-corrected chi connectivity index (χ3v) is 4.64. The number of hydrogen-bond acceptors (Lipinski definition) is 4. The minimum Gasteiger partial charge on any atom is -0.389 e. The number of carbonyl (C=O) groups is 2. The summed E-state index contributed by atoms with van der Waals surface area (Å²) in [5, 5.41) is 12.8. The Morgan fingerprint density at radius 2 is 2.12 bits per heavy atom. The van der Waals surface area contributed by atoms with Crippen LogP contribution in [0.3, 0.4) is 0 Å². The van der Waals surface area contributed by atoms with Crippen LogP contribution >= 0.6 is 0 Å². The quantitative estimate of drug-likeness (QED) is 0.806. The number of aliphatic hydroxyl groups excluding tert-OH is 1. The normalized spacial score (nSPS) is 23.8. The number of imide groups is 1. The zero-order valence-corrected chi connectivity index (χ0v) is 14.1. The first-order valence-corrected chi connectivity index (χ1v) is 8.40. The Balaban J connectivity index is 1.56. The molecule has 0 spiro atoms. The zero-order valence-electron chi connectivity index (χ0n) is 14.1. The number of fused-ring (bicyclic) bond motifs is 1. The van der Waals surface area contributed by atoms with Gasteiger partial charge in [0.15, 0.2) is 0 Å². The number of benzene rings is 1. The highest BCUT2D eigenvalue weighted by molar-refractivity contribution is 6.06. The molecule has 130 valence electrons. The van der Waals surface area contributed by atoms with Crippen LogP contribution in [0.1, 0.15) is 43.9 Å². The highest BCUT2D eigenvalue weighted by Crippen LogP contribution is 2.32. The van der Waals surface area contributed by atoms with Crippen LogP contribution in [0.15, 0.2) is 24.3 Å². The lowest BCUT2D eigenvalue weighted by Crippen LogP contribution is -2.42. The molecule has 0 bridgehead atoms. The molecule has 6 heteroatoms. The highest BCUT2D eigenvalue weighted by atomic mass is 16.5. The Bertz CT molecular complexity index is 644. The first kappa shape index (κ1) is 16.9. The highest BCUT2D eigenvalue weighted by Gasteiger charge is 2.44. The molecule has 6 nitrogen and oxygen atoms in total. The van der Waals surface area contributed by atoms with E-state index in [1.54, 1.807) is 13.8 Å². The largest absolute Gasteiger partial charge is 0.389 e. The summed E-state index contributed by atoms with van der Waals surface area (Å²) in [4.78, 5) is 25.0. The summed E-state index contributed by atoms with van der Waals surface area (Å²) < 4.78 is 5.88. The molecule has 1 heterocycles. The number of rotatable bonds is 5. The number of nitrogens with zero attached hydrogens (tertiary/aromatic N) is 1. The fraction of sp³-hybridized carbons (Fsp3) is 0.556. The molecular formula is C18H24N2O4. The monoisotopic (exact) mass is 332 g/mol. The van der Waals surface area contributed by atoms with Crippen LogP contribution in [0.5, 0.6) is 0 Å². The Morgan fingerprint density at radius 3 is 2.83 bits per heavy atom. The fourth-order valence-corrected chi connectivity index (χ4v) is 3.36. The van der Waals surface area contributed by atoms with Gasteiger partial charge >= 0.3 is 6.03 Å². The van der Waals surface area contributed by atoms with E-state index in [-0.39, 0.29) is 25.2 Å². The number of urea groups is 1. The smallest absolute Gasteiger partial charge is 0.325 e. The van der Waals surface area contributed by atoms with Gasteiger partial charge in [-0.05, 0) is 44.2 Å². The van der Waals surface area contributed by atoms with Gasteiger partial charge in [-0.1, -0.05) is 24.3 Å². The van der Waals surface area contributed by atoms with E-state index in [9.17, 15) is 14.7 Å². The van der Waals surface area contributed by atoms with Crippen molar-refractivity contribution in [3.63, 3.8) is 0 Å². The number of nitrogens with one attached hydrogen (secondary N) is 1. The van der Waals surface area contributed by atoms with Crippen molar-refractivity contribution in [2.45, 2.75) is 50.9 Å². The molecule has 0 saturated carbocycles. The van der Waals surface area contributed by atoms with Crippen LogP contribution in [-0.2, 0) is 16.0 Å². The van der Waals surface area contributed by atoms with Crippen molar-refractivity contribution >= 4 is 11.9 Å². The fourth-order valence-electron chi connectivity index (χ4n) is 3.36. The average Bonchev–Trinajstić information content (AvgIpc) is 2.74. The van der Waals surface area contributed by atoms with Crippen LogP contribution in [0, 0.1) is 0 Å². The number of hydrogen-bond donors (Lipinski definition) is 2. The van der Waals surface area contributed by atoms with E-state index in [2.05, 4.69) is 17.4 Å². The summed E-state index contributed by atoms with van der Waals surface area (Å²) in [5.74, 6) is -0.324. The number of ether oxygens (including phenoxy) is 1. The molecule has 1 fully saturated rings. The third-order valence-electron chi connectivity index (χ3n) is 4.64. The van der Waals surface area contributed by atoms with Gasteiger partial charge in [0.25, 0.3) is 5.91 Å². The second-order valence-corrected chi connectivity index (χ2v) is 7.04. The predicted octanol–water partition coefficient (Wildman–Crippen LogP) is 1.77. The first-order chi connectivity index (χ1) is 11.4. The number of aliphatic hydroxyl groups is 1. The Kier molecular flexibility index (Phi) is 4.60. The molecule has 1 aliphatic carbocycles. The molecule has 24 heavy (non-hydrogen) atoms. The van der Waals surface area contributed by atoms with Gasteiger partial charge in [0, 0.05) is 0 Å². The zero-order chi connectivity index (χ0) is 17.3. The first-order valence-electron chi connectivity index (χ1n) is 8.40. The van der Waals surface area contributed by atoms with E-state index in [0.29, 0.717) is 0 Å². The van der Waals surface area contributed by atoms with Crippen molar-refractivity contribution in [1.82, 2.24) is 10.2 Å². The molecule has 1 aromatic rings. The van der Waals surface area contributed by atoms with Gasteiger partial charge in [-0.15, -0.1) is 0 Å². The maximum Gasteiger partial charge on any atom is 0.325 e. The molecule has 0 aromatic heterocycles. The lowest BCUT2D eigenvalue weighted by atomic mass is 9.89. The van der Waals surface area contributed by atoms with Gasteiger partial charge in [-0.3, -0.25) is 9.69 Å². The van der Waals surface area contributed by atoms with Crippen molar-refractivity contribution in [3.8, 4) is 0 Å². The minimum absolute atomic E-state index is 0.0378. The maximum absolute atomic E-state index is 12.1. The Hall–Kier alpha value is -1.92. The Labute approximate surface area is 141 Å². The van der Waals surface area contributed by atoms with Crippen LogP contribution in [0.25, 0.3) is 0 Å². The molecule has 3 rings (SSSR count). The molecule has 2 atom stereocenters. The minimum atomic E-state index is -0.917. The van der Waals surface area contributed by atoms with Gasteiger partial charge in [0.05, 0.1) is 25.4 Å². The third kappa shape index (κ3) is 3.30. The molecule has 0 unspecified atom stereocenters. The van der Waals surface area contributed by atoms with Crippen molar-refractivity contribution in [3.05, 3.63) is 35.4 Å². The van der Waals surface area contributed by atoms with E-state index >= 15 is 0 Å². The van der Waals surface area contributed by atoms with E-state index in [4.69, 9.17) is 4.74 Å². The van der Waals surface area contributed by atoms with Crippen LogP contribution < -0.4 is 5.32 Å². The summed E-state index contributed by atoms with van der Waals surface area (Å²) in [7, 11) is 0. The SMILES string of the molecule is CC1(C)NC(=O)N(C[C@H](O)CO[C@H]2CCCc3ccccc32)C1=O. The van der Waals surface area contributed by atoms with Crippen molar-refractivity contribution in [1.29, 1.82) is 0 Å². The van der Waals surface area contributed by atoms with Gasteiger partial charge < -0.3 is 15.2 Å². The van der Waals surface area contributed by atoms with Crippen molar-refractivity contribution in [2.75, 3.05) is 13.2 Å². The second-order valence-electron chi connectivity index (χ2n) is 7.04. The molecule has 2 aliphatic rings. The molecule has 1 aliphatic heterocycles. The summed E-state index contributed by atoms with van der Waals surface area (Å²) in [6, 6.07) is 7.72. The number of carbonyl (C=O) groups excluding carboxylic acids is 2. The number of aryl methyl sites for hydroxylation is 1. The summed E-state index contributed by atoms with van der Waals surface area (Å²) >= 11 is 0. The van der Waals surface area contributed by atoms with Crippen molar-refractivity contribution in [2.24, 2.45) is 0 Å². The second kappa shape index (κ2) is 6.53. The van der Waals surface area contributed by atoms with Gasteiger partial charge in [0.1, 0.15) is 5.54 Å². The van der Waals surface area contributed by atoms with Crippen molar-refractivity contribution < 1.29 is 19.4 Å². The number of amides is 3. The topological polar surface area (TPSA) is 78.9 Å². The van der Waals surface area contributed by atoms with Crippen LogP contribution in [-0.4, -0.2) is 46.7 Å². The molecule has 1 saturated heterocycles. The Morgan fingerprint density at radius 1 is 1.38 bits per heavy atom. The standard InChI is InChI=1S/C18H24N2O4/c1-18(2)16(22)20(17(23)19-18)10-13(21)11-24-15-9-5-7-12-6-3-4-8-14(12)15/h3-4,6,8,13,15,21H,5,7,9-11H2,1-2H3,(H,19,23)/t13-,15-/m0/s1. The van der Waals surface area contributed by atoms with E-state index < -0.39 is 17.7 Å². The lowest BCUT2D eigenvalue weighted by Gasteiger charge is -2.27. The molecule has 3 amide bonds. The summed E-state index contributed by atoms with van der Waals surface area (Å²) in [5.41, 5.74) is 1.55. The lowest BCUT2D eigenvalue weighted by molar-refractivity contribution is -0.131. The van der Waals surface area contributed by atoms with Crippen LogP contribution in [0.4, 0.5) is 4.79 Å². The van der Waals surface area contributed by atoms with Crippen LogP contribution in [0.2, 0.25) is 0 Å². The molecular weight excluding hydrogens is 308 g/mol. The van der Waals surface area contributed by atoms with E-state index in [0.717, 1.165) is 24.2 Å². The molecule has 0 radical (unpaired) electrons. The van der Waals surface area contributed by atoms with E-state index in [1.807, 2.05) is 12.1 Å². The van der Waals surface area contributed by atoms with Gasteiger partial charge in [0.2, 0.25) is 0 Å². The van der Waals surface area contributed by atoms with Gasteiger partial charge in [-0.2, -0.15) is 0 Å². The average molecular weight is 332 g/mol. The predicted molar refractivity (Wildman–Crippen MR) is 88.4 cm³/mol. The molecule has 1 aromatic carbocycles.